The van der Waals surface area contributed by atoms with Gasteiger partial charge in [0.2, 0.25) is 0 Å². The maximum atomic E-state index is 5.74. The van der Waals surface area contributed by atoms with Crippen molar-refractivity contribution in [2.24, 2.45) is 5.73 Å². The van der Waals surface area contributed by atoms with Crippen LogP contribution in [0.2, 0.25) is 5.02 Å². The summed E-state index contributed by atoms with van der Waals surface area (Å²) in [4.78, 5) is 1.22. The van der Waals surface area contributed by atoms with Gasteiger partial charge < -0.3 is 5.73 Å². The Morgan fingerprint density at radius 2 is 2.00 bits per heavy atom. The Labute approximate surface area is 82.3 Å². The van der Waals surface area contributed by atoms with Crippen LogP contribution in [0.1, 0.15) is 6.92 Å². The van der Waals surface area contributed by atoms with Crippen LogP contribution < -0.4 is 5.73 Å². The summed E-state index contributed by atoms with van der Waals surface area (Å²) in [5.41, 5.74) is 5.62. The zero-order valence-electron chi connectivity index (χ0n) is 6.96. The lowest BCUT2D eigenvalue weighted by Crippen LogP contribution is -2.17. The molecule has 0 radical (unpaired) electrons. The van der Waals surface area contributed by atoms with Crippen molar-refractivity contribution in [3.8, 4) is 0 Å². The van der Waals surface area contributed by atoms with Crippen LogP contribution in [0, 0.1) is 0 Å². The molecule has 1 nitrogen and oxygen atoms in total. The Morgan fingerprint density at radius 3 is 2.50 bits per heavy atom. The number of thioether (sulfide) groups is 1. The van der Waals surface area contributed by atoms with E-state index in [1.54, 1.807) is 11.8 Å². The maximum Gasteiger partial charge on any atom is 0.0406 e. The molecule has 12 heavy (non-hydrogen) atoms. The monoisotopic (exact) mass is 201 g/mol. The molecule has 1 unspecified atom stereocenters. The highest BCUT2D eigenvalue weighted by Crippen LogP contribution is 2.20. The fraction of sp³-hybridized carbons (Fsp3) is 0.333. The van der Waals surface area contributed by atoms with Gasteiger partial charge in [0.1, 0.15) is 0 Å². The van der Waals surface area contributed by atoms with E-state index in [9.17, 15) is 0 Å². The van der Waals surface area contributed by atoms with Crippen LogP contribution in [-0.4, -0.2) is 11.8 Å². The number of rotatable bonds is 3. The standard InChI is InChI=1S/C9H12ClNS/c1-7(11)6-12-9-4-2-8(10)3-5-9/h2-5,7H,6,11H2,1H3. The average Bonchev–Trinajstić information content (AvgIpc) is 2.03. The Hall–Kier alpha value is -0.180. The fourth-order valence-electron chi connectivity index (χ4n) is 0.758. The average molecular weight is 202 g/mol. The quantitative estimate of drug-likeness (QED) is 0.762. The van der Waals surface area contributed by atoms with Gasteiger partial charge in [0.25, 0.3) is 0 Å². The number of benzene rings is 1. The summed E-state index contributed by atoms with van der Waals surface area (Å²) in [7, 11) is 0. The van der Waals surface area contributed by atoms with Crippen molar-refractivity contribution >= 4 is 23.4 Å². The van der Waals surface area contributed by atoms with Gasteiger partial charge in [-0.3, -0.25) is 0 Å². The molecule has 1 rings (SSSR count). The molecule has 0 aliphatic heterocycles. The first-order valence-corrected chi connectivity index (χ1v) is 5.19. The summed E-state index contributed by atoms with van der Waals surface area (Å²) < 4.78 is 0. The lowest BCUT2D eigenvalue weighted by atomic mass is 10.4. The van der Waals surface area contributed by atoms with Crippen molar-refractivity contribution in [1.29, 1.82) is 0 Å². The van der Waals surface area contributed by atoms with Crippen LogP contribution in [0.3, 0.4) is 0 Å². The maximum absolute atomic E-state index is 5.74. The third kappa shape index (κ3) is 3.48. The van der Waals surface area contributed by atoms with E-state index >= 15 is 0 Å². The molecule has 0 fully saturated rings. The molecule has 0 spiro atoms. The van der Waals surface area contributed by atoms with E-state index in [1.165, 1.54) is 4.90 Å². The van der Waals surface area contributed by atoms with Crippen LogP contribution in [0.5, 0.6) is 0 Å². The van der Waals surface area contributed by atoms with Gasteiger partial charge >= 0.3 is 0 Å². The molecule has 0 aromatic heterocycles. The highest BCUT2D eigenvalue weighted by molar-refractivity contribution is 7.99. The van der Waals surface area contributed by atoms with Crippen LogP contribution >= 0.6 is 23.4 Å². The van der Waals surface area contributed by atoms with Gasteiger partial charge in [-0.2, -0.15) is 0 Å². The predicted octanol–water partition coefficient (Wildman–Crippen LogP) is 2.78. The Balaban J connectivity index is 2.48. The van der Waals surface area contributed by atoms with Crippen LogP contribution in [0.4, 0.5) is 0 Å². The van der Waals surface area contributed by atoms with Crippen molar-refractivity contribution < 1.29 is 0 Å². The van der Waals surface area contributed by atoms with E-state index in [-0.39, 0.29) is 6.04 Å². The molecule has 0 aliphatic rings. The molecule has 66 valence electrons. The number of nitrogens with two attached hydrogens (primary N) is 1. The molecule has 0 heterocycles. The van der Waals surface area contributed by atoms with Crippen LogP contribution in [-0.2, 0) is 0 Å². The molecule has 0 aliphatic carbocycles. The Morgan fingerprint density at radius 1 is 1.42 bits per heavy atom. The first-order chi connectivity index (χ1) is 5.68. The van der Waals surface area contributed by atoms with Crippen molar-refractivity contribution in [3.63, 3.8) is 0 Å². The number of halogens is 1. The lowest BCUT2D eigenvalue weighted by Gasteiger charge is -2.03. The highest BCUT2D eigenvalue weighted by atomic mass is 35.5. The zero-order valence-corrected chi connectivity index (χ0v) is 8.53. The smallest absolute Gasteiger partial charge is 0.0406 e. The van der Waals surface area contributed by atoms with Crippen molar-refractivity contribution in [2.45, 2.75) is 17.9 Å². The van der Waals surface area contributed by atoms with E-state index in [1.807, 2.05) is 31.2 Å². The fourth-order valence-corrected chi connectivity index (χ4v) is 1.67. The minimum Gasteiger partial charge on any atom is -0.327 e. The van der Waals surface area contributed by atoms with Gasteiger partial charge in [0.15, 0.2) is 0 Å². The number of hydrogen-bond donors (Lipinski definition) is 1. The van der Waals surface area contributed by atoms with Gasteiger partial charge in [0.05, 0.1) is 0 Å². The van der Waals surface area contributed by atoms with Gasteiger partial charge in [-0.1, -0.05) is 11.6 Å². The van der Waals surface area contributed by atoms with Gasteiger partial charge in [0, 0.05) is 21.7 Å². The SMILES string of the molecule is CC(N)CSc1ccc(Cl)cc1. The van der Waals surface area contributed by atoms with E-state index < -0.39 is 0 Å². The molecule has 3 heteroatoms. The minimum atomic E-state index is 0.241. The summed E-state index contributed by atoms with van der Waals surface area (Å²) in [5.74, 6) is 0.946. The van der Waals surface area contributed by atoms with Crippen molar-refractivity contribution in [2.75, 3.05) is 5.75 Å². The second kappa shape index (κ2) is 4.75. The summed E-state index contributed by atoms with van der Waals surface area (Å²) >= 11 is 7.49. The molecule has 1 atom stereocenters. The summed E-state index contributed by atoms with van der Waals surface area (Å²) in [6.45, 7) is 2.00. The lowest BCUT2D eigenvalue weighted by molar-refractivity contribution is 0.847. The molecule has 1 aromatic carbocycles. The third-order valence-corrected chi connectivity index (χ3v) is 2.88. The van der Waals surface area contributed by atoms with E-state index in [2.05, 4.69) is 0 Å². The molecule has 0 bridgehead atoms. The first kappa shape index (κ1) is 9.90. The zero-order chi connectivity index (χ0) is 8.97. The molecule has 2 N–H and O–H groups in total. The highest BCUT2D eigenvalue weighted by Gasteiger charge is 1.96. The first-order valence-electron chi connectivity index (χ1n) is 3.82. The normalized spacial score (nSPS) is 12.9. The second-order valence-corrected chi connectivity index (χ2v) is 4.27. The van der Waals surface area contributed by atoms with Crippen molar-refractivity contribution in [3.05, 3.63) is 29.3 Å². The molecule has 1 aromatic rings. The van der Waals surface area contributed by atoms with Crippen LogP contribution in [0.15, 0.2) is 29.2 Å². The minimum absolute atomic E-state index is 0.241. The van der Waals surface area contributed by atoms with E-state index in [4.69, 9.17) is 17.3 Å². The molecular formula is C9H12ClNS. The number of hydrogen-bond acceptors (Lipinski definition) is 2. The molecule has 0 amide bonds. The predicted molar refractivity (Wildman–Crippen MR) is 55.8 cm³/mol. The van der Waals surface area contributed by atoms with Gasteiger partial charge in [-0.25, -0.2) is 0 Å². The van der Waals surface area contributed by atoms with E-state index in [0.717, 1.165) is 10.8 Å². The molecule has 0 saturated heterocycles. The van der Waals surface area contributed by atoms with Crippen LogP contribution in [0.25, 0.3) is 0 Å². The second-order valence-electron chi connectivity index (χ2n) is 2.74. The largest absolute Gasteiger partial charge is 0.327 e. The molecular weight excluding hydrogens is 190 g/mol. The topological polar surface area (TPSA) is 26.0 Å². The van der Waals surface area contributed by atoms with Gasteiger partial charge in [-0.05, 0) is 31.2 Å². The third-order valence-electron chi connectivity index (χ3n) is 1.33. The van der Waals surface area contributed by atoms with Gasteiger partial charge in [-0.15, -0.1) is 11.8 Å². The molecule has 0 saturated carbocycles. The van der Waals surface area contributed by atoms with E-state index in [0.29, 0.717) is 0 Å². The summed E-state index contributed by atoms with van der Waals surface area (Å²) in [5, 5.41) is 0.778. The summed E-state index contributed by atoms with van der Waals surface area (Å²) in [6, 6.07) is 8.05. The van der Waals surface area contributed by atoms with Crippen molar-refractivity contribution in [1.82, 2.24) is 0 Å². The Kier molecular flexibility index (Phi) is 3.92. The Bertz CT molecular complexity index is 233. The summed E-state index contributed by atoms with van der Waals surface area (Å²) in [6.07, 6.45) is 0.